The molecule has 5 heteroatoms. The molecule has 0 atom stereocenters. The van der Waals surface area contributed by atoms with Crippen molar-refractivity contribution in [3.63, 3.8) is 0 Å². The summed E-state index contributed by atoms with van der Waals surface area (Å²) in [6, 6.07) is 8.65. The van der Waals surface area contributed by atoms with Gasteiger partial charge in [-0.3, -0.25) is 9.69 Å². The highest BCUT2D eigenvalue weighted by Gasteiger charge is 2.13. The van der Waals surface area contributed by atoms with Crippen molar-refractivity contribution in [2.24, 2.45) is 0 Å². The number of rotatable bonds is 6. The Bertz CT molecular complexity index is 490. The molecule has 1 aliphatic rings. The number of amides is 1. The van der Waals surface area contributed by atoms with Gasteiger partial charge in [-0.25, -0.2) is 0 Å². The van der Waals surface area contributed by atoms with Crippen molar-refractivity contribution in [2.45, 2.75) is 39.0 Å². The lowest BCUT2D eigenvalue weighted by atomic mass is 9.86. The molecular weight excluding hydrogens is 322 g/mol. The molecule has 0 spiro atoms. The molecule has 0 radical (unpaired) electrons. The van der Waals surface area contributed by atoms with E-state index in [1.165, 1.54) is 11.1 Å². The second-order valence-corrected chi connectivity index (χ2v) is 7.39. The van der Waals surface area contributed by atoms with Gasteiger partial charge in [-0.1, -0.05) is 45.0 Å². The quantitative estimate of drug-likeness (QED) is 0.825. The fourth-order valence-corrected chi connectivity index (χ4v) is 2.81. The van der Waals surface area contributed by atoms with Crippen LogP contribution in [0.4, 0.5) is 0 Å². The molecule has 1 aliphatic heterocycles. The van der Waals surface area contributed by atoms with Crippen molar-refractivity contribution in [2.75, 3.05) is 39.3 Å². The number of carbonyl (C=O) groups excluding carboxylic acids is 1. The third-order valence-corrected chi connectivity index (χ3v) is 4.42. The minimum atomic E-state index is 0. The molecule has 0 saturated carbocycles. The molecule has 1 amide bonds. The molecule has 24 heavy (non-hydrogen) atoms. The largest absolute Gasteiger partial charge is 0.355 e. The zero-order chi connectivity index (χ0) is 16.7. The van der Waals surface area contributed by atoms with E-state index in [1.54, 1.807) is 0 Å². The Balaban J connectivity index is 0.00000288. The summed E-state index contributed by atoms with van der Waals surface area (Å²) in [5, 5.41) is 6.37. The summed E-state index contributed by atoms with van der Waals surface area (Å²) in [6.45, 7) is 12.6. The molecule has 2 rings (SSSR count). The van der Waals surface area contributed by atoms with E-state index in [-0.39, 0.29) is 23.7 Å². The van der Waals surface area contributed by atoms with Crippen molar-refractivity contribution in [1.82, 2.24) is 15.5 Å². The van der Waals surface area contributed by atoms with Crippen LogP contribution in [-0.2, 0) is 16.6 Å². The Kier molecular flexibility index (Phi) is 8.74. The molecule has 4 nitrogen and oxygen atoms in total. The number of hydrogen-bond donors (Lipinski definition) is 2. The number of halogens is 1. The van der Waals surface area contributed by atoms with Gasteiger partial charge in [0.25, 0.3) is 0 Å². The summed E-state index contributed by atoms with van der Waals surface area (Å²) in [7, 11) is 0. The number of benzene rings is 1. The van der Waals surface area contributed by atoms with E-state index < -0.39 is 0 Å². The topological polar surface area (TPSA) is 44.4 Å². The molecule has 1 heterocycles. The number of piperazine rings is 1. The van der Waals surface area contributed by atoms with Crippen LogP contribution in [0.3, 0.4) is 0 Å². The van der Waals surface area contributed by atoms with E-state index in [4.69, 9.17) is 0 Å². The highest BCUT2D eigenvalue weighted by atomic mass is 35.5. The first-order valence-electron chi connectivity index (χ1n) is 8.74. The average molecular weight is 354 g/mol. The van der Waals surface area contributed by atoms with Crippen LogP contribution in [0.5, 0.6) is 0 Å². The summed E-state index contributed by atoms with van der Waals surface area (Å²) in [5.41, 5.74) is 2.75. The van der Waals surface area contributed by atoms with Crippen LogP contribution in [0, 0.1) is 0 Å². The lowest BCUT2D eigenvalue weighted by Gasteiger charge is -2.27. The third kappa shape index (κ3) is 7.20. The summed E-state index contributed by atoms with van der Waals surface area (Å²) in [6.07, 6.45) is 1.38. The number of nitrogens with zero attached hydrogens (tertiary/aromatic N) is 1. The van der Waals surface area contributed by atoms with Gasteiger partial charge in [0.05, 0.1) is 0 Å². The first-order valence-corrected chi connectivity index (χ1v) is 8.74. The standard InChI is InChI=1S/C19H31N3O.ClH/c1-19(2,3)17-7-4-16(5-8-17)6-9-18(23)21-12-15-22-13-10-20-11-14-22;/h4-5,7-8,20H,6,9-15H2,1-3H3,(H,21,23);1H. The van der Waals surface area contributed by atoms with Crippen LogP contribution < -0.4 is 10.6 Å². The van der Waals surface area contributed by atoms with Crippen molar-refractivity contribution in [1.29, 1.82) is 0 Å². The number of nitrogens with one attached hydrogen (secondary N) is 2. The number of aryl methyl sites for hydroxylation is 1. The number of hydrogen-bond acceptors (Lipinski definition) is 3. The summed E-state index contributed by atoms with van der Waals surface area (Å²) in [5.74, 6) is 0.153. The fourth-order valence-electron chi connectivity index (χ4n) is 2.81. The van der Waals surface area contributed by atoms with E-state index >= 15 is 0 Å². The van der Waals surface area contributed by atoms with Gasteiger partial charge in [0, 0.05) is 45.7 Å². The maximum Gasteiger partial charge on any atom is 0.220 e. The first kappa shape index (κ1) is 20.9. The lowest BCUT2D eigenvalue weighted by Crippen LogP contribution is -2.46. The molecule has 1 saturated heterocycles. The maximum absolute atomic E-state index is 11.9. The monoisotopic (exact) mass is 353 g/mol. The molecule has 1 fully saturated rings. The molecule has 0 aliphatic carbocycles. The smallest absolute Gasteiger partial charge is 0.220 e. The van der Waals surface area contributed by atoms with Gasteiger partial charge in [-0.05, 0) is 23.0 Å². The summed E-state index contributed by atoms with van der Waals surface area (Å²) < 4.78 is 0. The van der Waals surface area contributed by atoms with Gasteiger partial charge in [0.2, 0.25) is 5.91 Å². The molecule has 136 valence electrons. The SMILES string of the molecule is CC(C)(C)c1ccc(CCC(=O)NCCN2CCNCC2)cc1.Cl. The van der Waals surface area contributed by atoms with Gasteiger partial charge in [-0.2, -0.15) is 0 Å². The predicted octanol–water partition coefficient (Wildman–Crippen LogP) is 2.36. The zero-order valence-corrected chi connectivity index (χ0v) is 16.0. The molecule has 0 bridgehead atoms. The summed E-state index contributed by atoms with van der Waals surface area (Å²) >= 11 is 0. The Morgan fingerprint density at radius 1 is 1.17 bits per heavy atom. The minimum Gasteiger partial charge on any atom is -0.355 e. The van der Waals surface area contributed by atoms with Crippen molar-refractivity contribution < 1.29 is 4.79 Å². The third-order valence-electron chi connectivity index (χ3n) is 4.42. The second-order valence-electron chi connectivity index (χ2n) is 7.39. The van der Waals surface area contributed by atoms with Crippen LogP contribution in [0.25, 0.3) is 0 Å². The Morgan fingerprint density at radius 2 is 1.79 bits per heavy atom. The molecule has 2 N–H and O–H groups in total. The van der Waals surface area contributed by atoms with E-state index in [1.807, 2.05) is 0 Å². The van der Waals surface area contributed by atoms with E-state index in [9.17, 15) is 4.79 Å². The van der Waals surface area contributed by atoms with E-state index in [0.717, 1.165) is 45.7 Å². The lowest BCUT2D eigenvalue weighted by molar-refractivity contribution is -0.121. The fraction of sp³-hybridized carbons (Fsp3) is 0.632. The summed E-state index contributed by atoms with van der Waals surface area (Å²) in [4.78, 5) is 14.3. The van der Waals surface area contributed by atoms with Gasteiger partial charge in [0.15, 0.2) is 0 Å². The van der Waals surface area contributed by atoms with Gasteiger partial charge < -0.3 is 10.6 Å². The first-order chi connectivity index (χ1) is 10.9. The normalized spacial score (nSPS) is 15.6. The van der Waals surface area contributed by atoms with E-state index in [2.05, 4.69) is 60.6 Å². The van der Waals surface area contributed by atoms with Gasteiger partial charge in [-0.15, -0.1) is 12.4 Å². The second kappa shape index (κ2) is 10.0. The van der Waals surface area contributed by atoms with Crippen LogP contribution in [0.2, 0.25) is 0 Å². The maximum atomic E-state index is 11.9. The van der Waals surface area contributed by atoms with Crippen molar-refractivity contribution in [3.8, 4) is 0 Å². The Hall–Kier alpha value is -1.10. The molecule has 0 unspecified atom stereocenters. The molecule has 1 aromatic carbocycles. The highest BCUT2D eigenvalue weighted by molar-refractivity contribution is 5.85. The minimum absolute atomic E-state index is 0. The van der Waals surface area contributed by atoms with Crippen molar-refractivity contribution in [3.05, 3.63) is 35.4 Å². The molecular formula is C19H32ClN3O. The van der Waals surface area contributed by atoms with Crippen molar-refractivity contribution >= 4 is 18.3 Å². The zero-order valence-electron chi connectivity index (χ0n) is 15.2. The van der Waals surface area contributed by atoms with Crippen LogP contribution in [-0.4, -0.2) is 50.1 Å². The average Bonchev–Trinajstić information content (AvgIpc) is 2.53. The molecule has 1 aromatic rings. The Morgan fingerprint density at radius 3 is 2.38 bits per heavy atom. The van der Waals surface area contributed by atoms with E-state index in [0.29, 0.717) is 6.42 Å². The van der Waals surface area contributed by atoms with Crippen LogP contribution >= 0.6 is 12.4 Å². The number of carbonyl (C=O) groups is 1. The molecule has 0 aromatic heterocycles. The Labute approximate surface area is 152 Å². The van der Waals surface area contributed by atoms with Crippen LogP contribution in [0.1, 0.15) is 38.3 Å². The predicted molar refractivity (Wildman–Crippen MR) is 103 cm³/mol. The van der Waals surface area contributed by atoms with Gasteiger partial charge >= 0.3 is 0 Å². The van der Waals surface area contributed by atoms with Gasteiger partial charge in [0.1, 0.15) is 0 Å². The van der Waals surface area contributed by atoms with Crippen LogP contribution in [0.15, 0.2) is 24.3 Å². The highest BCUT2D eigenvalue weighted by Crippen LogP contribution is 2.22.